The molecule has 2 atom stereocenters. The molecule has 1 N–H and O–H groups in total. The molecule has 0 fully saturated rings. The monoisotopic (exact) mass is 361 g/mol. The lowest BCUT2D eigenvalue weighted by Gasteiger charge is -2.29. The minimum atomic E-state index is -1.84. The highest BCUT2D eigenvalue weighted by Crippen LogP contribution is 2.37. The molecule has 5 nitrogen and oxygen atoms in total. The molecule has 2 rings (SSSR count). The number of halogens is 3. The molecule has 0 bridgehead atoms. The molecule has 22 heavy (non-hydrogen) atoms. The molecule has 0 unspecified atom stereocenters. The van der Waals surface area contributed by atoms with E-state index < -0.39 is 21.7 Å². The van der Waals surface area contributed by atoms with Crippen LogP contribution < -0.4 is 10.3 Å². The average Bonchev–Trinajstić information content (AvgIpc) is 2.71. The third kappa shape index (κ3) is 3.54. The van der Waals surface area contributed by atoms with Crippen LogP contribution >= 0.6 is 34.8 Å². The number of amides is 2. The smallest absolute Gasteiger partial charge is 0.258 e. The third-order valence-electron chi connectivity index (χ3n) is 3.23. The Balaban J connectivity index is 2.34. The summed E-state index contributed by atoms with van der Waals surface area (Å²) in [6, 6.07) is 7.92. The summed E-state index contributed by atoms with van der Waals surface area (Å²) in [7, 11) is 0. The van der Waals surface area contributed by atoms with E-state index >= 15 is 0 Å². The van der Waals surface area contributed by atoms with E-state index in [-0.39, 0.29) is 5.91 Å². The van der Waals surface area contributed by atoms with Crippen molar-refractivity contribution in [3.05, 3.63) is 30.3 Å². The van der Waals surface area contributed by atoms with Crippen molar-refractivity contribution in [2.45, 2.75) is 23.7 Å². The van der Waals surface area contributed by atoms with Crippen molar-refractivity contribution in [2.75, 3.05) is 5.01 Å². The molecule has 0 aliphatic carbocycles. The van der Waals surface area contributed by atoms with Crippen LogP contribution in [0, 0.1) is 5.92 Å². The predicted molar refractivity (Wildman–Crippen MR) is 88.4 cm³/mol. The minimum Gasteiger partial charge on any atom is -0.348 e. The van der Waals surface area contributed by atoms with Gasteiger partial charge >= 0.3 is 0 Å². The van der Waals surface area contributed by atoms with Crippen molar-refractivity contribution in [3.8, 4) is 0 Å². The minimum absolute atomic E-state index is 0.353. The molecule has 8 heteroatoms. The third-order valence-corrected chi connectivity index (χ3v) is 3.93. The fraction of sp³-hybridized carbons (Fsp3) is 0.357. The van der Waals surface area contributed by atoms with Gasteiger partial charge in [-0.25, -0.2) is 5.01 Å². The number of carbonyl (C=O) groups is 2. The Hall–Kier alpha value is -1.30. The fourth-order valence-corrected chi connectivity index (χ4v) is 2.83. The highest BCUT2D eigenvalue weighted by Gasteiger charge is 2.48. The summed E-state index contributed by atoms with van der Waals surface area (Å²) in [5, 5.41) is 8.02. The highest BCUT2D eigenvalue weighted by molar-refractivity contribution is 6.68. The first-order chi connectivity index (χ1) is 10.2. The number of hydrogen-bond acceptors (Lipinski definition) is 3. The number of hydrogen-bond donors (Lipinski definition) is 1. The summed E-state index contributed by atoms with van der Waals surface area (Å²) in [5.41, 5.74) is 1.08. The van der Waals surface area contributed by atoms with E-state index in [0.717, 1.165) is 0 Å². The molecule has 1 aromatic carbocycles. The molecule has 1 heterocycles. The van der Waals surface area contributed by atoms with E-state index in [4.69, 9.17) is 34.8 Å². The van der Waals surface area contributed by atoms with Crippen molar-refractivity contribution in [3.63, 3.8) is 0 Å². The number of nitrogens with one attached hydrogen (secondary N) is 1. The summed E-state index contributed by atoms with van der Waals surface area (Å²) in [6.45, 7) is 2.96. The van der Waals surface area contributed by atoms with Gasteiger partial charge < -0.3 is 5.32 Å². The Bertz CT molecular complexity index is 614. The Morgan fingerprint density at radius 2 is 1.91 bits per heavy atom. The number of rotatable bonds is 3. The normalized spacial score (nSPS) is 19.9. The van der Waals surface area contributed by atoms with Gasteiger partial charge in [-0.1, -0.05) is 53.0 Å². The summed E-state index contributed by atoms with van der Waals surface area (Å²) >= 11 is 17.8. The van der Waals surface area contributed by atoms with Crippen LogP contribution in [0.15, 0.2) is 35.4 Å². The molecule has 0 saturated carbocycles. The Kier molecular flexibility index (Phi) is 5.00. The van der Waals surface area contributed by atoms with Gasteiger partial charge in [0.1, 0.15) is 5.92 Å². The van der Waals surface area contributed by atoms with Crippen LogP contribution in [-0.4, -0.2) is 27.4 Å². The van der Waals surface area contributed by atoms with Gasteiger partial charge in [0, 0.05) is 6.92 Å². The molecular formula is C14H14Cl3N3O2. The van der Waals surface area contributed by atoms with Gasteiger partial charge in [0.25, 0.3) is 5.91 Å². The summed E-state index contributed by atoms with van der Waals surface area (Å²) < 4.78 is -1.84. The Labute approximate surface area is 143 Å². The van der Waals surface area contributed by atoms with Crippen molar-refractivity contribution in [2.24, 2.45) is 11.0 Å². The first-order valence-electron chi connectivity index (χ1n) is 6.49. The SMILES string of the molecule is CC(=O)N[C@H]([C@H]1C(=O)N(c2ccccc2)N=C1C)C(Cl)(Cl)Cl. The maximum absolute atomic E-state index is 12.7. The molecule has 118 valence electrons. The molecular weight excluding hydrogens is 349 g/mol. The van der Waals surface area contributed by atoms with Gasteiger partial charge in [-0.3, -0.25) is 9.59 Å². The van der Waals surface area contributed by atoms with Crippen molar-refractivity contribution in [1.82, 2.24) is 5.32 Å². The van der Waals surface area contributed by atoms with Crippen molar-refractivity contribution < 1.29 is 9.59 Å². The second-order valence-corrected chi connectivity index (χ2v) is 7.29. The van der Waals surface area contributed by atoms with Gasteiger partial charge in [-0.15, -0.1) is 0 Å². The van der Waals surface area contributed by atoms with Crippen LogP contribution in [-0.2, 0) is 9.59 Å². The Morgan fingerprint density at radius 3 is 2.41 bits per heavy atom. The quantitative estimate of drug-likeness (QED) is 0.840. The van der Waals surface area contributed by atoms with Gasteiger partial charge in [-0.05, 0) is 19.1 Å². The van der Waals surface area contributed by atoms with E-state index in [1.165, 1.54) is 11.9 Å². The van der Waals surface area contributed by atoms with Gasteiger partial charge in [0.15, 0.2) is 0 Å². The standard InChI is InChI=1S/C14H14Cl3N3O2/c1-8-11(12(14(15,16)17)18-9(2)21)13(22)20(19-8)10-6-4-3-5-7-10/h3-7,11-12H,1-2H3,(H,18,21)/t11-,12+/m0/s1. The molecule has 0 saturated heterocycles. The van der Waals surface area contributed by atoms with Crippen LogP contribution in [0.4, 0.5) is 5.69 Å². The molecule has 0 radical (unpaired) electrons. The lowest BCUT2D eigenvalue weighted by molar-refractivity contribution is -0.122. The fourth-order valence-electron chi connectivity index (χ4n) is 2.29. The maximum Gasteiger partial charge on any atom is 0.258 e. The van der Waals surface area contributed by atoms with E-state index in [2.05, 4.69) is 10.4 Å². The van der Waals surface area contributed by atoms with E-state index in [1.54, 1.807) is 31.2 Å². The number of nitrogens with zero attached hydrogens (tertiary/aromatic N) is 2. The molecule has 1 aromatic rings. The molecule has 1 aliphatic heterocycles. The number of carbonyl (C=O) groups excluding carboxylic acids is 2. The summed E-state index contributed by atoms with van der Waals surface area (Å²) in [5.74, 6) is -1.58. The van der Waals surface area contributed by atoms with Crippen molar-refractivity contribution in [1.29, 1.82) is 0 Å². The van der Waals surface area contributed by atoms with Crippen LogP contribution in [0.5, 0.6) is 0 Å². The van der Waals surface area contributed by atoms with Crippen LogP contribution in [0.25, 0.3) is 0 Å². The van der Waals surface area contributed by atoms with E-state index in [1.807, 2.05) is 6.07 Å². The first kappa shape index (κ1) is 17.1. The van der Waals surface area contributed by atoms with Crippen LogP contribution in [0.3, 0.4) is 0 Å². The number of anilines is 1. The molecule has 1 aliphatic rings. The maximum atomic E-state index is 12.7. The zero-order chi connectivity index (χ0) is 16.5. The first-order valence-corrected chi connectivity index (χ1v) is 7.63. The summed E-state index contributed by atoms with van der Waals surface area (Å²) in [4.78, 5) is 24.0. The summed E-state index contributed by atoms with van der Waals surface area (Å²) in [6.07, 6.45) is 0. The highest BCUT2D eigenvalue weighted by atomic mass is 35.6. The van der Waals surface area contributed by atoms with E-state index in [0.29, 0.717) is 11.4 Å². The number of alkyl halides is 3. The van der Waals surface area contributed by atoms with Gasteiger partial charge in [0.05, 0.1) is 17.4 Å². The van der Waals surface area contributed by atoms with Gasteiger partial charge in [0.2, 0.25) is 9.70 Å². The lowest BCUT2D eigenvalue weighted by atomic mass is 9.95. The number of benzene rings is 1. The second kappa shape index (κ2) is 6.44. The van der Waals surface area contributed by atoms with Crippen LogP contribution in [0.1, 0.15) is 13.8 Å². The van der Waals surface area contributed by atoms with Crippen LogP contribution in [0.2, 0.25) is 0 Å². The topological polar surface area (TPSA) is 61.8 Å². The van der Waals surface area contributed by atoms with E-state index in [9.17, 15) is 9.59 Å². The predicted octanol–water partition coefficient (Wildman–Crippen LogP) is 2.90. The lowest BCUT2D eigenvalue weighted by Crippen LogP contribution is -2.52. The number of hydrazone groups is 1. The average molecular weight is 363 g/mol. The van der Waals surface area contributed by atoms with Gasteiger partial charge in [-0.2, -0.15) is 5.10 Å². The second-order valence-electron chi connectivity index (χ2n) is 4.92. The zero-order valence-corrected chi connectivity index (χ0v) is 14.2. The van der Waals surface area contributed by atoms with Crippen molar-refractivity contribution >= 4 is 58.0 Å². The Morgan fingerprint density at radius 1 is 1.32 bits per heavy atom. The zero-order valence-electron chi connectivity index (χ0n) is 11.9. The number of para-hydroxylation sites is 1. The largest absolute Gasteiger partial charge is 0.348 e. The molecule has 2 amide bonds. The molecule has 0 spiro atoms. The molecule has 0 aromatic heterocycles.